The first kappa shape index (κ1) is 13.8. The zero-order valence-electron chi connectivity index (χ0n) is 10.3. The molecule has 1 aliphatic rings. The number of ether oxygens (including phenoxy) is 1. The van der Waals surface area contributed by atoms with Gasteiger partial charge >= 0.3 is 6.09 Å². The highest BCUT2D eigenvalue weighted by atomic mass is 32.2. The molecule has 1 amide bonds. The molecule has 3 nitrogen and oxygen atoms in total. The van der Waals surface area contributed by atoms with Gasteiger partial charge in [-0.2, -0.15) is 0 Å². The highest BCUT2D eigenvalue weighted by Gasteiger charge is 2.34. The third-order valence-corrected chi connectivity index (χ3v) is 3.80. The fraction of sp³-hybridized carbons (Fsp3) is 0.818. The number of nitrogens with zero attached hydrogens (tertiary/aromatic N) is 1. The van der Waals surface area contributed by atoms with Gasteiger partial charge in [-0.25, -0.2) is 4.79 Å². The van der Waals surface area contributed by atoms with E-state index in [1.165, 1.54) is 0 Å². The predicted molar refractivity (Wildman–Crippen MR) is 72.1 cm³/mol. The van der Waals surface area contributed by atoms with Crippen molar-refractivity contribution in [3.63, 3.8) is 0 Å². The Hall–Kier alpha value is -0.290. The molecule has 1 unspecified atom stereocenters. The summed E-state index contributed by atoms with van der Waals surface area (Å²) in [5.74, 6) is 0. The van der Waals surface area contributed by atoms with E-state index in [0.29, 0.717) is 0 Å². The number of thiocarbonyl (C=S) groups is 1. The van der Waals surface area contributed by atoms with E-state index in [1.54, 1.807) is 16.7 Å². The van der Waals surface area contributed by atoms with E-state index in [4.69, 9.17) is 17.0 Å². The summed E-state index contributed by atoms with van der Waals surface area (Å²) in [6.45, 7) is 6.38. The average molecular weight is 261 g/mol. The third kappa shape index (κ3) is 3.63. The molecule has 1 heterocycles. The second kappa shape index (κ2) is 5.36. The number of thioether (sulfide) groups is 1. The Morgan fingerprint density at radius 3 is 2.62 bits per heavy atom. The van der Waals surface area contributed by atoms with Gasteiger partial charge < -0.3 is 4.74 Å². The molecule has 1 atom stereocenters. The van der Waals surface area contributed by atoms with Crippen LogP contribution < -0.4 is 0 Å². The van der Waals surface area contributed by atoms with Crippen LogP contribution >= 0.6 is 24.0 Å². The van der Waals surface area contributed by atoms with Gasteiger partial charge in [-0.05, 0) is 39.9 Å². The highest BCUT2D eigenvalue weighted by molar-refractivity contribution is 8.22. The summed E-state index contributed by atoms with van der Waals surface area (Å²) in [7, 11) is 0. The number of carbonyl (C=O) groups excluding carboxylic acids is 1. The molecule has 1 aliphatic heterocycles. The van der Waals surface area contributed by atoms with Crippen LogP contribution in [-0.4, -0.2) is 39.6 Å². The summed E-state index contributed by atoms with van der Waals surface area (Å²) in [6.07, 6.45) is 3.67. The van der Waals surface area contributed by atoms with Crippen LogP contribution in [0.4, 0.5) is 4.79 Å². The zero-order valence-corrected chi connectivity index (χ0v) is 11.9. The second-order valence-electron chi connectivity index (χ2n) is 4.85. The molecule has 1 fully saturated rings. The number of carbonyl (C=O) groups is 1. The van der Waals surface area contributed by atoms with Crippen molar-refractivity contribution in [2.75, 3.05) is 12.8 Å². The maximum absolute atomic E-state index is 11.9. The van der Waals surface area contributed by atoms with Crippen LogP contribution in [0.3, 0.4) is 0 Å². The van der Waals surface area contributed by atoms with Gasteiger partial charge in [0, 0.05) is 6.54 Å². The van der Waals surface area contributed by atoms with Crippen molar-refractivity contribution in [2.24, 2.45) is 0 Å². The van der Waals surface area contributed by atoms with Gasteiger partial charge in [0.15, 0.2) is 0 Å². The molecule has 0 bridgehead atoms. The molecule has 0 radical (unpaired) electrons. The first-order chi connectivity index (χ1) is 7.35. The van der Waals surface area contributed by atoms with Gasteiger partial charge in [0.2, 0.25) is 0 Å². The normalized spacial score (nSPS) is 21.0. The number of rotatable bonds is 1. The lowest BCUT2D eigenvalue weighted by molar-refractivity contribution is 0.0269. The van der Waals surface area contributed by atoms with Crippen LogP contribution in [-0.2, 0) is 4.74 Å². The summed E-state index contributed by atoms with van der Waals surface area (Å²) in [4.78, 5) is 13.7. The van der Waals surface area contributed by atoms with Crippen LogP contribution in [0.15, 0.2) is 0 Å². The van der Waals surface area contributed by atoms with E-state index >= 15 is 0 Å². The molecule has 1 rings (SSSR count). The van der Waals surface area contributed by atoms with Gasteiger partial charge in [0.25, 0.3) is 0 Å². The molecule has 0 aromatic rings. The quantitative estimate of drug-likeness (QED) is 0.678. The van der Waals surface area contributed by atoms with E-state index < -0.39 is 5.60 Å². The highest BCUT2D eigenvalue weighted by Crippen LogP contribution is 2.24. The largest absolute Gasteiger partial charge is 0.444 e. The van der Waals surface area contributed by atoms with Gasteiger partial charge in [-0.15, -0.1) is 11.8 Å². The summed E-state index contributed by atoms with van der Waals surface area (Å²) in [6, 6.07) is 0.0693. The molecule has 0 saturated carbocycles. The van der Waals surface area contributed by atoms with Crippen molar-refractivity contribution >= 4 is 34.3 Å². The van der Waals surface area contributed by atoms with Crippen molar-refractivity contribution in [2.45, 2.75) is 45.3 Å². The molecule has 0 aromatic heterocycles. The van der Waals surface area contributed by atoms with Crippen molar-refractivity contribution in [1.29, 1.82) is 0 Å². The summed E-state index contributed by atoms with van der Waals surface area (Å²) < 4.78 is 6.24. The van der Waals surface area contributed by atoms with Crippen molar-refractivity contribution in [3.05, 3.63) is 0 Å². The molecule has 0 aliphatic carbocycles. The van der Waals surface area contributed by atoms with Crippen LogP contribution in [0.2, 0.25) is 0 Å². The number of hydrogen-bond donors (Lipinski definition) is 0. The molecule has 5 heteroatoms. The average Bonchev–Trinajstić information content (AvgIpc) is 2.62. The molecular weight excluding hydrogens is 242 g/mol. The van der Waals surface area contributed by atoms with E-state index in [2.05, 4.69) is 0 Å². The van der Waals surface area contributed by atoms with Crippen LogP contribution in [0, 0.1) is 0 Å². The number of hydrogen-bond acceptors (Lipinski definition) is 4. The van der Waals surface area contributed by atoms with Gasteiger partial charge in [-0.3, -0.25) is 4.90 Å². The molecule has 0 N–H and O–H groups in total. The Morgan fingerprint density at radius 2 is 2.12 bits per heavy atom. The lowest BCUT2D eigenvalue weighted by Crippen LogP contribution is -2.42. The standard InChI is InChI=1S/C11H19NO2S2/c1-11(2,3)14-10(13)12-7-5-6-8(12)9(15)16-4/h8H,5-7H2,1-4H3. The Balaban J connectivity index is 2.65. The van der Waals surface area contributed by atoms with Crippen LogP contribution in [0.5, 0.6) is 0 Å². The first-order valence-electron chi connectivity index (χ1n) is 5.42. The SMILES string of the molecule is CSC(=S)C1CCCN1C(=O)OC(C)(C)C. The Labute approximate surface area is 107 Å². The van der Waals surface area contributed by atoms with Gasteiger partial charge in [0.1, 0.15) is 5.60 Å². The number of likely N-dealkylation sites (tertiary alicyclic amines) is 1. The minimum Gasteiger partial charge on any atom is -0.444 e. The van der Waals surface area contributed by atoms with E-state index in [0.717, 1.165) is 23.6 Å². The van der Waals surface area contributed by atoms with Crippen molar-refractivity contribution < 1.29 is 9.53 Å². The monoisotopic (exact) mass is 261 g/mol. The second-order valence-corrected chi connectivity index (χ2v) is 6.40. The molecule has 0 aromatic carbocycles. The van der Waals surface area contributed by atoms with Crippen molar-refractivity contribution in [3.8, 4) is 0 Å². The maximum Gasteiger partial charge on any atom is 0.410 e. The zero-order chi connectivity index (χ0) is 12.3. The minimum atomic E-state index is -0.439. The minimum absolute atomic E-state index is 0.0693. The molecule has 92 valence electrons. The van der Waals surface area contributed by atoms with E-state index in [-0.39, 0.29) is 12.1 Å². The Bertz CT molecular complexity index is 286. The van der Waals surface area contributed by atoms with Crippen LogP contribution in [0.1, 0.15) is 33.6 Å². The number of amides is 1. The molecule has 16 heavy (non-hydrogen) atoms. The molecule has 1 saturated heterocycles. The van der Waals surface area contributed by atoms with Gasteiger partial charge in [0.05, 0.1) is 10.2 Å². The molecular formula is C11H19NO2S2. The maximum atomic E-state index is 11.9. The fourth-order valence-corrected chi connectivity index (χ4v) is 2.45. The van der Waals surface area contributed by atoms with E-state index in [1.807, 2.05) is 27.0 Å². The Kier molecular flexibility index (Phi) is 4.62. The summed E-state index contributed by atoms with van der Waals surface area (Å²) >= 11 is 6.81. The lowest BCUT2D eigenvalue weighted by atomic mass is 10.2. The lowest BCUT2D eigenvalue weighted by Gasteiger charge is -2.28. The molecule has 0 spiro atoms. The predicted octanol–water partition coefficient (Wildman–Crippen LogP) is 3.08. The smallest absolute Gasteiger partial charge is 0.410 e. The Morgan fingerprint density at radius 1 is 1.50 bits per heavy atom. The fourth-order valence-electron chi connectivity index (χ4n) is 1.69. The summed E-state index contributed by atoms with van der Waals surface area (Å²) in [5, 5.41) is 0. The van der Waals surface area contributed by atoms with Crippen molar-refractivity contribution in [1.82, 2.24) is 4.90 Å². The van der Waals surface area contributed by atoms with Crippen LogP contribution in [0.25, 0.3) is 0 Å². The van der Waals surface area contributed by atoms with Gasteiger partial charge in [-0.1, -0.05) is 12.2 Å². The van der Waals surface area contributed by atoms with E-state index in [9.17, 15) is 4.79 Å². The first-order valence-corrected chi connectivity index (χ1v) is 7.06. The topological polar surface area (TPSA) is 29.5 Å². The summed E-state index contributed by atoms with van der Waals surface area (Å²) in [5.41, 5.74) is -0.439. The third-order valence-electron chi connectivity index (χ3n) is 2.35.